The lowest BCUT2D eigenvalue weighted by Gasteiger charge is -2.30. The van der Waals surface area contributed by atoms with Gasteiger partial charge in [-0.15, -0.1) is 0 Å². The topological polar surface area (TPSA) is 59.3 Å². The molecule has 1 atom stereocenters. The molecule has 3 aromatic rings. The van der Waals surface area contributed by atoms with Crippen LogP contribution in [0, 0.1) is 0 Å². The molecule has 25 heavy (non-hydrogen) atoms. The number of nitrogens with one attached hydrogen (secondary N) is 1. The van der Waals surface area contributed by atoms with E-state index >= 15 is 0 Å². The van der Waals surface area contributed by atoms with E-state index in [0.29, 0.717) is 21.9 Å². The van der Waals surface area contributed by atoms with Crippen LogP contribution in [-0.4, -0.2) is 21.5 Å². The highest BCUT2D eigenvalue weighted by Crippen LogP contribution is 2.42. The average Bonchev–Trinajstić information content (AvgIpc) is 3.07. The number of aromatic nitrogens is 2. The fourth-order valence-corrected chi connectivity index (χ4v) is 3.67. The van der Waals surface area contributed by atoms with Gasteiger partial charge in [0.1, 0.15) is 6.17 Å². The van der Waals surface area contributed by atoms with Crippen molar-refractivity contribution >= 4 is 33.2 Å². The monoisotopic (exact) mass is 419 g/mol. The van der Waals surface area contributed by atoms with E-state index in [1.54, 1.807) is 6.20 Å². The number of hydrogen-bond acceptors (Lipinski definition) is 4. The lowest BCUT2D eigenvalue weighted by atomic mass is 10.0. The Morgan fingerprint density at radius 3 is 2.96 bits per heavy atom. The second-order valence-corrected chi connectivity index (χ2v) is 6.97. The number of fused-ring (bicyclic) bond motifs is 3. The summed E-state index contributed by atoms with van der Waals surface area (Å²) in [6.45, 7) is 2.34. The van der Waals surface area contributed by atoms with Gasteiger partial charge in [0.05, 0.1) is 16.8 Å². The van der Waals surface area contributed by atoms with Crippen LogP contribution in [0.1, 0.15) is 18.7 Å². The van der Waals surface area contributed by atoms with E-state index in [0.717, 1.165) is 22.5 Å². The fourth-order valence-electron chi connectivity index (χ4n) is 3.04. The molecule has 0 aliphatic carbocycles. The predicted molar refractivity (Wildman–Crippen MR) is 101 cm³/mol. The number of rotatable bonds is 3. The molecule has 0 saturated heterocycles. The van der Waals surface area contributed by atoms with Crippen LogP contribution in [0.15, 0.2) is 47.1 Å². The minimum atomic E-state index is -0.243. The Bertz CT molecular complexity index is 957. The molecule has 7 heteroatoms. The van der Waals surface area contributed by atoms with E-state index in [2.05, 4.69) is 26.3 Å². The number of phenolic OH excluding ortho intramolecular Hbond substituents is 1. The van der Waals surface area contributed by atoms with Gasteiger partial charge in [-0.3, -0.25) is 0 Å². The molecule has 1 aromatic heterocycles. The first-order chi connectivity index (χ1) is 12.1. The summed E-state index contributed by atoms with van der Waals surface area (Å²) >= 11 is 9.56. The van der Waals surface area contributed by atoms with Crippen molar-refractivity contribution < 1.29 is 9.84 Å². The third-order valence-electron chi connectivity index (χ3n) is 4.13. The molecule has 2 heterocycles. The Morgan fingerprint density at radius 1 is 1.32 bits per heavy atom. The number of ether oxygens (including phenoxy) is 1. The second-order valence-electron chi connectivity index (χ2n) is 5.68. The number of phenols is 1. The Kier molecular flexibility index (Phi) is 4.09. The molecule has 0 unspecified atom stereocenters. The Hall–Kier alpha value is -2.18. The number of benzene rings is 2. The van der Waals surface area contributed by atoms with Gasteiger partial charge < -0.3 is 15.2 Å². The molecular weight excluding hydrogens is 406 g/mol. The SMILES string of the molecule is CCOc1cc([C@@H]2Nc3cc(Cl)ccc3-c3ccnn32)cc(Br)c1O. The van der Waals surface area contributed by atoms with Crippen molar-refractivity contribution in [2.75, 3.05) is 11.9 Å². The first-order valence-corrected chi connectivity index (χ1v) is 9.00. The third-order valence-corrected chi connectivity index (χ3v) is 4.97. The van der Waals surface area contributed by atoms with Crippen molar-refractivity contribution in [1.82, 2.24) is 9.78 Å². The van der Waals surface area contributed by atoms with E-state index < -0.39 is 0 Å². The quantitative estimate of drug-likeness (QED) is 0.623. The number of aromatic hydroxyl groups is 1. The van der Waals surface area contributed by atoms with Crippen LogP contribution in [0.2, 0.25) is 5.02 Å². The van der Waals surface area contributed by atoms with Crippen molar-refractivity contribution in [3.05, 3.63) is 57.7 Å². The summed E-state index contributed by atoms with van der Waals surface area (Å²) in [5.74, 6) is 0.518. The van der Waals surface area contributed by atoms with Gasteiger partial charge >= 0.3 is 0 Å². The molecule has 0 spiro atoms. The van der Waals surface area contributed by atoms with E-state index in [-0.39, 0.29) is 11.9 Å². The van der Waals surface area contributed by atoms with Crippen molar-refractivity contribution in [2.45, 2.75) is 13.1 Å². The minimum absolute atomic E-state index is 0.0885. The molecule has 0 fully saturated rings. The highest BCUT2D eigenvalue weighted by molar-refractivity contribution is 9.10. The Morgan fingerprint density at radius 2 is 2.16 bits per heavy atom. The molecule has 2 N–H and O–H groups in total. The van der Waals surface area contributed by atoms with Crippen molar-refractivity contribution in [1.29, 1.82) is 0 Å². The van der Waals surface area contributed by atoms with Gasteiger partial charge in [0, 0.05) is 28.0 Å². The van der Waals surface area contributed by atoms with E-state index in [1.807, 2.05) is 48.0 Å². The zero-order valence-corrected chi connectivity index (χ0v) is 15.7. The number of halogens is 2. The lowest BCUT2D eigenvalue weighted by Crippen LogP contribution is -2.25. The standard InChI is InChI=1S/C18H15BrClN3O2/c1-2-25-16-8-10(7-13(19)17(16)24)18-22-14-9-11(20)3-4-12(14)15-5-6-21-23(15)18/h3-9,18,22,24H,2H2,1H3/t18-/m1/s1. The van der Waals surface area contributed by atoms with E-state index in [1.165, 1.54) is 0 Å². The van der Waals surface area contributed by atoms with Crippen LogP contribution in [0.25, 0.3) is 11.3 Å². The van der Waals surface area contributed by atoms with Crippen LogP contribution < -0.4 is 10.1 Å². The lowest BCUT2D eigenvalue weighted by molar-refractivity contribution is 0.316. The number of hydrogen-bond donors (Lipinski definition) is 2. The smallest absolute Gasteiger partial charge is 0.172 e. The second kappa shape index (κ2) is 6.28. The number of nitrogens with zero attached hydrogens (tertiary/aromatic N) is 2. The predicted octanol–water partition coefficient (Wildman–Crippen LogP) is 5.04. The van der Waals surface area contributed by atoms with Gasteiger partial charge in [-0.25, -0.2) is 4.68 Å². The highest BCUT2D eigenvalue weighted by atomic mass is 79.9. The van der Waals surface area contributed by atoms with Crippen LogP contribution in [0.5, 0.6) is 11.5 Å². The third kappa shape index (κ3) is 2.75. The summed E-state index contributed by atoms with van der Waals surface area (Å²) < 4.78 is 8.03. The Balaban J connectivity index is 1.85. The van der Waals surface area contributed by atoms with Crippen molar-refractivity contribution in [3.63, 3.8) is 0 Å². The summed E-state index contributed by atoms with van der Waals surface area (Å²) in [5, 5.41) is 18.8. The van der Waals surface area contributed by atoms with Gasteiger partial charge in [0.25, 0.3) is 0 Å². The molecule has 128 valence electrons. The molecule has 0 amide bonds. The summed E-state index contributed by atoms with van der Waals surface area (Å²) in [7, 11) is 0. The maximum atomic E-state index is 10.2. The normalized spacial score (nSPS) is 15.2. The number of anilines is 1. The first-order valence-electron chi connectivity index (χ1n) is 7.83. The maximum absolute atomic E-state index is 10.2. The van der Waals surface area contributed by atoms with Crippen molar-refractivity contribution in [2.24, 2.45) is 0 Å². The van der Waals surface area contributed by atoms with Crippen LogP contribution in [0.4, 0.5) is 5.69 Å². The van der Waals surface area contributed by atoms with Gasteiger partial charge in [-0.05, 0) is 59.3 Å². The summed E-state index contributed by atoms with van der Waals surface area (Å²) in [6.07, 6.45) is 1.53. The molecule has 5 nitrogen and oxygen atoms in total. The van der Waals surface area contributed by atoms with Gasteiger partial charge in [-0.1, -0.05) is 11.6 Å². The summed E-state index contributed by atoms with van der Waals surface area (Å²) in [6, 6.07) is 11.4. The molecule has 0 bridgehead atoms. The zero-order chi connectivity index (χ0) is 17.6. The molecular formula is C18H15BrClN3O2. The van der Waals surface area contributed by atoms with E-state index in [9.17, 15) is 5.11 Å². The van der Waals surface area contributed by atoms with Crippen LogP contribution in [0.3, 0.4) is 0 Å². The van der Waals surface area contributed by atoms with Crippen LogP contribution in [-0.2, 0) is 0 Å². The first kappa shape index (κ1) is 16.3. The highest BCUT2D eigenvalue weighted by Gasteiger charge is 2.27. The van der Waals surface area contributed by atoms with Gasteiger partial charge in [0.2, 0.25) is 0 Å². The molecule has 0 saturated carbocycles. The molecule has 1 aliphatic rings. The summed E-state index contributed by atoms with van der Waals surface area (Å²) in [4.78, 5) is 0. The Labute approximate surface area is 158 Å². The summed E-state index contributed by atoms with van der Waals surface area (Å²) in [5.41, 5.74) is 3.88. The van der Waals surface area contributed by atoms with Crippen LogP contribution >= 0.6 is 27.5 Å². The average molecular weight is 421 g/mol. The molecule has 4 rings (SSSR count). The molecule has 2 aromatic carbocycles. The molecule has 1 aliphatic heterocycles. The zero-order valence-electron chi connectivity index (χ0n) is 13.3. The van der Waals surface area contributed by atoms with Crippen molar-refractivity contribution in [3.8, 4) is 22.8 Å². The van der Waals surface area contributed by atoms with Gasteiger partial charge in [0.15, 0.2) is 11.5 Å². The minimum Gasteiger partial charge on any atom is -0.503 e. The fraction of sp³-hybridized carbons (Fsp3) is 0.167. The largest absolute Gasteiger partial charge is 0.503 e. The maximum Gasteiger partial charge on any atom is 0.172 e. The van der Waals surface area contributed by atoms with E-state index in [4.69, 9.17) is 16.3 Å². The molecule has 0 radical (unpaired) electrons. The van der Waals surface area contributed by atoms with Gasteiger partial charge in [-0.2, -0.15) is 5.10 Å².